The molecule has 7 heteroatoms. The van der Waals surface area contributed by atoms with Gasteiger partial charge in [-0.1, -0.05) is 0 Å². The van der Waals surface area contributed by atoms with Gasteiger partial charge in [0.05, 0.1) is 12.0 Å². The lowest BCUT2D eigenvalue weighted by Crippen LogP contribution is -2.34. The molecule has 0 aliphatic carbocycles. The van der Waals surface area contributed by atoms with E-state index in [1.807, 2.05) is 17.7 Å². The molecule has 3 N–H and O–H groups in total. The number of nitrogen functional groups attached to an aromatic ring is 1. The Bertz CT molecular complexity index is 669. The van der Waals surface area contributed by atoms with Gasteiger partial charge in [0.25, 0.3) is 0 Å². The Kier molecular flexibility index (Phi) is 2.95. The average molecular weight is 276 g/mol. The molecular weight excluding hydrogens is 260 g/mol. The van der Waals surface area contributed by atoms with Gasteiger partial charge in [-0.25, -0.2) is 9.97 Å². The molecule has 2 aromatic heterocycles. The van der Waals surface area contributed by atoms with Gasteiger partial charge >= 0.3 is 0 Å². The molecule has 0 saturated carbocycles. The smallest absolute Gasteiger partial charge is 0.154 e. The fraction of sp³-hybridized carbons (Fsp3) is 0.462. The standard InChI is InChI=1S/C13H16N4O3/c1-8-4-17(12-10(8)11(14)15-7-16-12)9-2-3-13(5-18,6-19)20-9/h4-5,7,9,19H,2-3,6H2,1H3,(H2,14,15,16)/t9?,13-/m1/s1. The summed E-state index contributed by atoms with van der Waals surface area (Å²) >= 11 is 0. The predicted molar refractivity (Wildman–Crippen MR) is 71.9 cm³/mol. The number of nitrogens with two attached hydrogens (primary N) is 1. The zero-order valence-corrected chi connectivity index (χ0v) is 11.1. The van der Waals surface area contributed by atoms with Gasteiger partial charge in [-0.3, -0.25) is 0 Å². The first kappa shape index (κ1) is 13.0. The van der Waals surface area contributed by atoms with Gasteiger partial charge in [0.15, 0.2) is 6.29 Å². The Morgan fingerprint density at radius 1 is 1.65 bits per heavy atom. The van der Waals surface area contributed by atoms with Crippen molar-refractivity contribution in [3.63, 3.8) is 0 Å². The molecule has 0 radical (unpaired) electrons. The minimum atomic E-state index is -1.10. The molecule has 1 fully saturated rings. The number of carbonyl (C=O) groups is 1. The predicted octanol–water partition coefficient (Wildman–Crippen LogP) is 0.561. The Balaban J connectivity index is 2.04. The van der Waals surface area contributed by atoms with Crippen LogP contribution in [0.4, 0.5) is 5.82 Å². The van der Waals surface area contributed by atoms with Gasteiger partial charge in [-0.15, -0.1) is 0 Å². The zero-order chi connectivity index (χ0) is 14.3. The minimum Gasteiger partial charge on any atom is -0.393 e. The number of nitrogens with zero attached hydrogens (tertiary/aromatic N) is 3. The molecule has 0 spiro atoms. The molecular formula is C13H16N4O3. The third-order valence-electron chi connectivity index (χ3n) is 3.81. The number of hydrogen-bond acceptors (Lipinski definition) is 6. The number of aromatic nitrogens is 3. The van der Waals surface area contributed by atoms with Crippen molar-refractivity contribution >= 4 is 23.1 Å². The lowest BCUT2D eigenvalue weighted by Gasteiger charge is -2.21. The monoisotopic (exact) mass is 276 g/mol. The van der Waals surface area contributed by atoms with Crippen molar-refractivity contribution in [2.75, 3.05) is 12.3 Å². The molecule has 1 aliphatic rings. The first-order chi connectivity index (χ1) is 9.60. The van der Waals surface area contributed by atoms with E-state index in [0.29, 0.717) is 30.6 Å². The summed E-state index contributed by atoms with van der Waals surface area (Å²) in [7, 11) is 0. The van der Waals surface area contributed by atoms with Crippen LogP contribution in [0.25, 0.3) is 11.0 Å². The molecule has 3 rings (SSSR count). The second kappa shape index (κ2) is 4.53. The number of aliphatic hydroxyl groups is 1. The van der Waals surface area contributed by atoms with Crippen molar-refractivity contribution in [1.29, 1.82) is 0 Å². The van der Waals surface area contributed by atoms with Gasteiger partial charge in [0.1, 0.15) is 29.6 Å². The molecule has 1 aliphatic heterocycles. The van der Waals surface area contributed by atoms with Crippen LogP contribution in [-0.4, -0.2) is 38.1 Å². The number of anilines is 1. The normalized spacial score (nSPS) is 26.2. The SMILES string of the molecule is Cc1cn(C2CC[C@@](C=O)(CO)O2)c2ncnc(N)c12. The minimum absolute atomic E-state index is 0.317. The van der Waals surface area contributed by atoms with Crippen molar-refractivity contribution in [2.45, 2.75) is 31.6 Å². The number of aldehydes is 1. The number of aryl methyl sites for hydroxylation is 1. The van der Waals surface area contributed by atoms with Gasteiger partial charge in [-0.2, -0.15) is 0 Å². The maximum atomic E-state index is 11.1. The second-order valence-electron chi connectivity index (χ2n) is 5.13. The van der Waals surface area contributed by atoms with Crippen molar-refractivity contribution in [3.05, 3.63) is 18.1 Å². The van der Waals surface area contributed by atoms with Crippen molar-refractivity contribution < 1.29 is 14.6 Å². The highest BCUT2D eigenvalue weighted by atomic mass is 16.5. The van der Waals surface area contributed by atoms with Crippen LogP contribution >= 0.6 is 0 Å². The highest BCUT2D eigenvalue weighted by Crippen LogP contribution is 2.37. The van der Waals surface area contributed by atoms with E-state index < -0.39 is 5.60 Å². The first-order valence-corrected chi connectivity index (χ1v) is 6.43. The number of carbonyl (C=O) groups excluding carboxylic acids is 1. The van der Waals surface area contributed by atoms with Crippen LogP contribution in [0, 0.1) is 6.92 Å². The number of fused-ring (bicyclic) bond motifs is 1. The lowest BCUT2D eigenvalue weighted by atomic mass is 10.0. The van der Waals surface area contributed by atoms with Gasteiger partial charge < -0.3 is 24.9 Å². The summed E-state index contributed by atoms with van der Waals surface area (Å²) in [5, 5.41) is 10.1. The number of ether oxygens (including phenoxy) is 1. The summed E-state index contributed by atoms with van der Waals surface area (Å²) in [6, 6.07) is 0. The Labute approximate surface area is 115 Å². The zero-order valence-electron chi connectivity index (χ0n) is 11.1. The van der Waals surface area contributed by atoms with Crippen LogP contribution in [-0.2, 0) is 9.53 Å². The van der Waals surface area contributed by atoms with Gasteiger partial charge in [-0.05, 0) is 25.3 Å². The molecule has 2 aromatic rings. The first-order valence-electron chi connectivity index (χ1n) is 6.43. The average Bonchev–Trinajstić information content (AvgIpc) is 3.02. The van der Waals surface area contributed by atoms with E-state index in [-0.39, 0.29) is 12.8 Å². The number of rotatable bonds is 3. The maximum Gasteiger partial charge on any atom is 0.154 e. The largest absolute Gasteiger partial charge is 0.393 e. The fourth-order valence-electron chi connectivity index (χ4n) is 2.71. The van der Waals surface area contributed by atoms with Crippen LogP contribution < -0.4 is 5.73 Å². The molecule has 0 aromatic carbocycles. The summed E-state index contributed by atoms with van der Waals surface area (Å²) in [5.41, 5.74) is 6.40. The van der Waals surface area contributed by atoms with Crippen LogP contribution in [0.1, 0.15) is 24.6 Å². The van der Waals surface area contributed by atoms with E-state index >= 15 is 0 Å². The molecule has 0 amide bonds. The summed E-state index contributed by atoms with van der Waals surface area (Å²) in [5.74, 6) is 0.424. The maximum absolute atomic E-state index is 11.1. The number of aliphatic hydroxyl groups excluding tert-OH is 1. The van der Waals surface area contributed by atoms with E-state index in [4.69, 9.17) is 10.5 Å². The van der Waals surface area contributed by atoms with Crippen LogP contribution in [0.3, 0.4) is 0 Å². The Hall–Kier alpha value is -1.99. The summed E-state index contributed by atoms with van der Waals surface area (Å²) in [6.45, 7) is 1.61. The molecule has 1 unspecified atom stereocenters. The highest BCUT2D eigenvalue weighted by Gasteiger charge is 2.41. The van der Waals surface area contributed by atoms with Gasteiger partial charge in [0, 0.05) is 6.20 Å². The Morgan fingerprint density at radius 3 is 3.10 bits per heavy atom. The van der Waals surface area contributed by atoms with Crippen LogP contribution in [0.5, 0.6) is 0 Å². The van der Waals surface area contributed by atoms with Crippen molar-refractivity contribution in [1.82, 2.24) is 14.5 Å². The molecule has 3 heterocycles. The Morgan fingerprint density at radius 2 is 2.45 bits per heavy atom. The third-order valence-corrected chi connectivity index (χ3v) is 3.81. The fourth-order valence-corrected chi connectivity index (χ4v) is 2.71. The van der Waals surface area contributed by atoms with E-state index in [0.717, 1.165) is 10.9 Å². The van der Waals surface area contributed by atoms with Crippen molar-refractivity contribution in [3.8, 4) is 0 Å². The molecule has 1 saturated heterocycles. The topological polar surface area (TPSA) is 103 Å². The number of hydrogen-bond donors (Lipinski definition) is 2. The quantitative estimate of drug-likeness (QED) is 0.794. The van der Waals surface area contributed by atoms with E-state index in [1.165, 1.54) is 6.33 Å². The third kappa shape index (κ3) is 1.78. The molecule has 0 bridgehead atoms. The van der Waals surface area contributed by atoms with E-state index in [9.17, 15) is 9.90 Å². The van der Waals surface area contributed by atoms with Crippen molar-refractivity contribution in [2.24, 2.45) is 0 Å². The van der Waals surface area contributed by atoms with Gasteiger partial charge in [0.2, 0.25) is 0 Å². The van der Waals surface area contributed by atoms with Crippen LogP contribution in [0.2, 0.25) is 0 Å². The van der Waals surface area contributed by atoms with E-state index in [1.54, 1.807) is 0 Å². The molecule has 20 heavy (non-hydrogen) atoms. The van der Waals surface area contributed by atoms with E-state index in [2.05, 4.69) is 9.97 Å². The summed E-state index contributed by atoms with van der Waals surface area (Å²) in [6.07, 6.45) is 4.75. The summed E-state index contributed by atoms with van der Waals surface area (Å²) < 4.78 is 7.59. The summed E-state index contributed by atoms with van der Waals surface area (Å²) in [4.78, 5) is 19.4. The lowest BCUT2D eigenvalue weighted by molar-refractivity contribution is -0.140. The highest BCUT2D eigenvalue weighted by molar-refractivity contribution is 5.89. The molecule has 7 nitrogen and oxygen atoms in total. The van der Waals surface area contributed by atoms with Crippen LogP contribution in [0.15, 0.2) is 12.5 Å². The molecule has 2 atom stereocenters. The second-order valence-corrected chi connectivity index (χ2v) is 5.13. The molecule has 106 valence electrons.